The molecule has 3 unspecified atom stereocenters. The van der Waals surface area contributed by atoms with E-state index in [2.05, 4.69) is 17.6 Å². The monoisotopic (exact) mass is 236 g/mol. The molecule has 17 heavy (non-hydrogen) atoms. The molecule has 0 aromatic rings. The molecule has 3 heteroatoms. The van der Waals surface area contributed by atoms with Gasteiger partial charge in [0.2, 0.25) is 5.91 Å². The predicted octanol–water partition coefficient (Wildman–Crippen LogP) is 1.68. The van der Waals surface area contributed by atoms with Crippen LogP contribution in [0.4, 0.5) is 0 Å². The first-order chi connectivity index (χ1) is 8.21. The highest BCUT2D eigenvalue weighted by molar-refractivity contribution is 5.83. The SMILES string of the molecule is CC1CCCC1NC(=O)C1CC12CCNCC2. The predicted molar refractivity (Wildman–Crippen MR) is 67.6 cm³/mol. The van der Waals surface area contributed by atoms with Gasteiger partial charge in [-0.2, -0.15) is 0 Å². The zero-order chi connectivity index (χ0) is 11.9. The fourth-order valence-electron chi connectivity index (χ4n) is 3.84. The van der Waals surface area contributed by atoms with E-state index >= 15 is 0 Å². The van der Waals surface area contributed by atoms with Crippen LogP contribution in [-0.2, 0) is 4.79 Å². The highest BCUT2D eigenvalue weighted by atomic mass is 16.2. The topological polar surface area (TPSA) is 41.1 Å². The summed E-state index contributed by atoms with van der Waals surface area (Å²) in [6.07, 6.45) is 7.29. The molecule has 0 radical (unpaired) electrons. The molecule has 3 nitrogen and oxygen atoms in total. The van der Waals surface area contributed by atoms with E-state index in [1.165, 1.54) is 32.1 Å². The number of carbonyl (C=O) groups excluding carboxylic acids is 1. The van der Waals surface area contributed by atoms with Crippen molar-refractivity contribution in [1.29, 1.82) is 0 Å². The van der Waals surface area contributed by atoms with Crippen molar-refractivity contribution in [1.82, 2.24) is 10.6 Å². The van der Waals surface area contributed by atoms with E-state index in [0.717, 1.165) is 19.5 Å². The summed E-state index contributed by atoms with van der Waals surface area (Å²) in [6, 6.07) is 0.460. The summed E-state index contributed by atoms with van der Waals surface area (Å²) in [5, 5.41) is 6.69. The summed E-state index contributed by atoms with van der Waals surface area (Å²) >= 11 is 0. The molecule has 3 aliphatic rings. The number of nitrogens with one attached hydrogen (secondary N) is 2. The number of hydrogen-bond acceptors (Lipinski definition) is 2. The van der Waals surface area contributed by atoms with Gasteiger partial charge in [-0.3, -0.25) is 4.79 Å². The Morgan fingerprint density at radius 2 is 2.06 bits per heavy atom. The minimum atomic E-state index is 0.331. The average Bonchev–Trinajstić information content (AvgIpc) is 2.87. The highest BCUT2D eigenvalue weighted by Gasteiger charge is 2.57. The van der Waals surface area contributed by atoms with Crippen molar-refractivity contribution in [2.45, 2.75) is 51.5 Å². The minimum Gasteiger partial charge on any atom is -0.353 e. The third-order valence-electron chi connectivity index (χ3n) is 5.29. The smallest absolute Gasteiger partial charge is 0.223 e. The largest absolute Gasteiger partial charge is 0.353 e. The normalized spacial score (nSPS) is 39.2. The lowest BCUT2D eigenvalue weighted by atomic mass is 9.91. The quantitative estimate of drug-likeness (QED) is 0.766. The van der Waals surface area contributed by atoms with Crippen LogP contribution in [0.1, 0.15) is 45.4 Å². The fraction of sp³-hybridized carbons (Fsp3) is 0.929. The number of amides is 1. The first-order valence-electron chi connectivity index (χ1n) is 7.22. The second kappa shape index (κ2) is 4.27. The molecule has 1 amide bonds. The molecule has 96 valence electrons. The summed E-state index contributed by atoms with van der Waals surface area (Å²) < 4.78 is 0. The van der Waals surface area contributed by atoms with Crippen LogP contribution in [-0.4, -0.2) is 25.0 Å². The van der Waals surface area contributed by atoms with Gasteiger partial charge in [0.25, 0.3) is 0 Å². The van der Waals surface area contributed by atoms with Crippen LogP contribution in [0, 0.1) is 17.3 Å². The van der Waals surface area contributed by atoms with Crippen LogP contribution >= 0.6 is 0 Å². The Morgan fingerprint density at radius 3 is 2.71 bits per heavy atom. The molecule has 1 spiro atoms. The molecule has 1 aliphatic heterocycles. The first kappa shape index (κ1) is 11.5. The molecule has 3 atom stereocenters. The maximum Gasteiger partial charge on any atom is 0.223 e. The van der Waals surface area contributed by atoms with Gasteiger partial charge in [-0.1, -0.05) is 13.3 Å². The van der Waals surface area contributed by atoms with E-state index < -0.39 is 0 Å². The molecule has 2 N–H and O–H groups in total. The first-order valence-corrected chi connectivity index (χ1v) is 7.22. The molecule has 0 aromatic carbocycles. The van der Waals surface area contributed by atoms with E-state index in [4.69, 9.17) is 0 Å². The van der Waals surface area contributed by atoms with E-state index in [1.54, 1.807) is 0 Å². The average molecular weight is 236 g/mol. The second-order valence-corrected chi connectivity index (χ2v) is 6.39. The van der Waals surface area contributed by atoms with Crippen LogP contribution < -0.4 is 10.6 Å². The van der Waals surface area contributed by atoms with Gasteiger partial charge < -0.3 is 10.6 Å². The molecular weight excluding hydrogens is 212 g/mol. The van der Waals surface area contributed by atoms with E-state index in [0.29, 0.717) is 29.2 Å². The van der Waals surface area contributed by atoms with Gasteiger partial charge >= 0.3 is 0 Å². The van der Waals surface area contributed by atoms with Crippen LogP contribution in [0.15, 0.2) is 0 Å². The van der Waals surface area contributed by atoms with Crippen LogP contribution in [0.3, 0.4) is 0 Å². The Kier molecular flexibility index (Phi) is 2.89. The maximum absolute atomic E-state index is 12.2. The van der Waals surface area contributed by atoms with Gasteiger partial charge in [-0.05, 0) is 56.5 Å². The van der Waals surface area contributed by atoms with Crippen molar-refractivity contribution in [3.05, 3.63) is 0 Å². The van der Waals surface area contributed by atoms with Gasteiger partial charge in [0.15, 0.2) is 0 Å². The molecule has 3 fully saturated rings. The molecule has 3 rings (SSSR count). The van der Waals surface area contributed by atoms with E-state index in [-0.39, 0.29) is 0 Å². The third kappa shape index (κ3) is 2.10. The molecule has 1 heterocycles. The van der Waals surface area contributed by atoms with Gasteiger partial charge in [-0.25, -0.2) is 0 Å². The van der Waals surface area contributed by atoms with Crippen LogP contribution in [0.25, 0.3) is 0 Å². The summed E-state index contributed by atoms with van der Waals surface area (Å²) in [5.74, 6) is 1.37. The van der Waals surface area contributed by atoms with Crippen molar-refractivity contribution in [2.24, 2.45) is 17.3 Å². The Labute approximate surface area is 104 Å². The molecule has 0 bridgehead atoms. The van der Waals surface area contributed by atoms with Crippen LogP contribution in [0.2, 0.25) is 0 Å². The van der Waals surface area contributed by atoms with Crippen molar-refractivity contribution in [3.8, 4) is 0 Å². The Bertz CT molecular complexity index is 309. The standard InChI is InChI=1S/C14H24N2O/c1-10-3-2-4-12(10)16-13(17)11-9-14(11)5-7-15-8-6-14/h10-12,15H,2-9H2,1H3,(H,16,17). The number of hydrogen-bond donors (Lipinski definition) is 2. The molecule has 2 aliphatic carbocycles. The molecule has 1 saturated heterocycles. The number of rotatable bonds is 2. The summed E-state index contributed by atoms with van der Waals surface area (Å²) in [4.78, 5) is 12.2. The second-order valence-electron chi connectivity index (χ2n) is 6.39. The lowest BCUT2D eigenvalue weighted by molar-refractivity contribution is -0.124. The molecule has 2 saturated carbocycles. The minimum absolute atomic E-state index is 0.331. The molecule has 0 aromatic heterocycles. The van der Waals surface area contributed by atoms with Crippen molar-refractivity contribution >= 4 is 5.91 Å². The lowest BCUT2D eigenvalue weighted by Crippen LogP contribution is -2.39. The van der Waals surface area contributed by atoms with Gasteiger partial charge in [0, 0.05) is 12.0 Å². The van der Waals surface area contributed by atoms with E-state index in [1.807, 2.05) is 0 Å². The number of piperidine rings is 1. The Morgan fingerprint density at radius 1 is 1.29 bits per heavy atom. The van der Waals surface area contributed by atoms with Gasteiger partial charge in [0.1, 0.15) is 0 Å². The Balaban J connectivity index is 1.54. The zero-order valence-electron chi connectivity index (χ0n) is 10.8. The van der Waals surface area contributed by atoms with Gasteiger partial charge in [0.05, 0.1) is 0 Å². The van der Waals surface area contributed by atoms with Crippen LogP contribution in [0.5, 0.6) is 0 Å². The maximum atomic E-state index is 12.2. The highest BCUT2D eigenvalue weighted by Crippen LogP contribution is 2.58. The number of carbonyl (C=O) groups is 1. The summed E-state index contributed by atoms with van der Waals surface area (Å²) in [6.45, 7) is 4.47. The zero-order valence-corrected chi connectivity index (χ0v) is 10.8. The fourth-order valence-corrected chi connectivity index (χ4v) is 3.84. The van der Waals surface area contributed by atoms with Crippen molar-refractivity contribution in [2.75, 3.05) is 13.1 Å². The lowest BCUT2D eigenvalue weighted by Gasteiger charge is -2.24. The Hall–Kier alpha value is -0.570. The van der Waals surface area contributed by atoms with Crippen molar-refractivity contribution < 1.29 is 4.79 Å². The summed E-state index contributed by atoms with van der Waals surface area (Å²) in [5.41, 5.74) is 0.386. The van der Waals surface area contributed by atoms with Crippen molar-refractivity contribution in [3.63, 3.8) is 0 Å². The molecular formula is C14H24N2O. The van der Waals surface area contributed by atoms with E-state index in [9.17, 15) is 4.79 Å². The van der Waals surface area contributed by atoms with Gasteiger partial charge in [-0.15, -0.1) is 0 Å². The third-order valence-corrected chi connectivity index (χ3v) is 5.29. The summed E-state index contributed by atoms with van der Waals surface area (Å²) in [7, 11) is 0.